The van der Waals surface area contributed by atoms with Gasteiger partial charge >= 0.3 is 0 Å². The van der Waals surface area contributed by atoms with E-state index in [2.05, 4.69) is 59.8 Å². The number of imidazole rings is 1. The van der Waals surface area contributed by atoms with Crippen LogP contribution in [0.5, 0.6) is 0 Å². The van der Waals surface area contributed by atoms with E-state index in [4.69, 9.17) is 16.6 Å². The van der Waals surface area contributed by atoms with Crippen molar-refractivity contribution in [3.05, 3.63) is 77.0 Å². The number of likely N-dealkylation sites (tertiary alicyclic amines) is 1. The largest absolute Gasteiger partial charge is 0.332 e. The Morgan fingerprint density at radius 1 is 1.10 bits per heavy atom. The van der Waals surface area contributed by atoms with Crippen LogP contribution in [-0.4, -0.2) is 27.5 Å². The molecule has 1 aromatic heterocycles. The first-order chi connectivity index (χ1) is 14.0. The molecule has 0 unspecified atom stereocenters. The van der Waals surface area contributed by atoms with Crippen molar-refractivity contribution in [3.8, 4) is 11.3 Å². The molecule has 2 aromatic carbocycles. The smallest absolute Gasteiger partial charge is 0.141 e. The molecule has 0 saturated carbocycles. The molecule has 0 amide bonds. The molecule has 0 atom stereocenters. The predicted molar refractivity (Wildman–Crippen MR) is 117 cm³/mol. The van der Waals surface area contributed by atoms with Crippen LogP contribution in [0.4, 0.5) is 4.39 Å². The van der Waals surface area contributed by atoms with Gasteiger partial charge in [0.1, 0.15) is 11.6 Å². The van der Waals surface area contributed by atoms with Crippen LogP contribution in [0.15, 0.2) is 54.7 Å². The van der Waals surface area contributed by atoms with Crippen molar-refractivity contribution in [2.75, 3.05) is 13.1 Å². The van der Waals surface area contributed by atoms with E-state index < -0.39 is 5.82 Å². The first kappa shape index (κ1) is 20.1. The molecule has 3 nitrogen and oxygen atoms in total. The minimum Gasteiger partial charge on any atom is -0.332 e. The SMILES string of the molecule is CC(C)n1cc(-c2ccc(F)c(Cl)c2)nc1C1CCN(Cc2ccccc2)CC1. The van der Waals surface area contributed by atoms with E-state index in [1.54, 1.807) is 12.1 Å². The summed E-state index contributed by atoms with van der Waals surface area (Å²) < 4.78 is 15.8. The second kappa shape index (κ2) is 8.68. The summed E-state index contributed by atoms with van der Waals surface area (Å²) in [6, 6.07) is 15.8. The van der Waals surface area contributed by atoms with E-state index in [0.717, 1.165) is 49.6 Å². The molecule has 5 heteroatoms. The van der Waals surface area contributed by atoms with Gasteiger partial charge in [0.05, 0.1) is 10.7 Å². The molecule has 29 heavy (non-hydrogen) atoms. The summed E-state index contributed by atoms with van der Waals surface area (Å²) in [7, 11) is 0. The summed E-state index contributed by atoms with van der Waals surface area (Å²) in [5, 5.41) is 0.136. The molecular formula is C24H27ClFN3. The van der Waals surface area contributed by atoms with E-state index in [0.29, 0.717) is 12.0 Å². The van der Waals surface area contributed by atoms with Crippen LogP contribution in [0.3, 0.4) is 0 Å². The lowest BCUT2D eigenvalue weighted by molar-refractivity contribution is 0.199. The molecule has 1 fully saturated rings. The van der Waals surface area contributed by atoms with Crippen LogP contribution in [0, 0.1) is 5.82 Å². The number of nitrogens with zero attached hydrogens (tertiary/aromatic N) is 3. The molecule has 0 spiro atoms. The maximum absolute atomic E-state index is 13.5. The third-order valence-corrected chi connectivity index (χ3v) is 6.02. The summed E-state index contributed by atoms with van der Waals surface area (Å²) in [6.45, 7) is 7.50. The molecule has 0 aliphatic carbocycles. The maximum atomic E-state index is 13.5. The summed E-state index contributed by atoms with van der Waals surface area (Å²) in [6.07, 6.45) is 4.28. The van der Waals surface area contributed by atoms with Crippen LogP contribution < -0.4 is 0 Å². The van der Waals surface area contributed by atoms with Crippen molar-refractivity contribution in [3.63, 3.8) is 0 Å². The number of benzene rings is 2. The molecule has 4 rings (SSSR count). The Kier molecular flexibility index (Phi) is 6.02. The van der Waals surface area contributed by atoms with Gasteiger partial charge in [0, 0.05) is 30.3 Å². The Hall–Kier alpha value is -2.17. The third kappa shape index (κ3) is 4.54. The minimum absolute atomic E-state index is 0.136. The monoisotopic (exact) mass is 411 g/mol. The van der Waals surface area contributed by atoms with Gasteiger partial charge in [-0.15, -0.1) is 0 Å². The molecule has 0 bridgehead atoms. The number of halogens is 2. The van der Waals surface area contributed by atoms with E-state index in [1.165, 1.54) is 11.6 Å². The van der Waals surface area contributed by atoms with Crippen LogP contribution in [-0.2, 0) is 6.54 Å². The fourth-order valence-corrected chi connectivity index (χ4v) is 4.29. The summed E-state index contributed by atoms with van der Waals surface area (Å²) in [5.41, 5.74) is 3.09. The summed E-state index contributed by atoms with van der Waals surface area (Å²) >= 11 is 5.99. The maximum Gasteiger partial charge on any atom is 0.141 e. The first-order valence-corrected chi connectivity index (χ1v) is 10.7. The van der Waals surface area contributed by atoms with Crippen molar-refractivity contribution in [2.45, 2.75) is 45.2 Å². The van der Waals surface area contributed by atoms with E-state index >= 15 is 0 Å². The summed E-state index contributed by atoms with van der Waals surface area (Å²) in [4.78, 5) is 7.49. The molecule has 3 aromatic rings. The normalized spacial score (nSPS) is 15.9. The third-order valence-electron chi connectivity index (χ3n) is 5.73. The van der Waals surface area contributed by atoms with Gasteiger partial charge in [0.15, 0.2) is 0 Å². The van der Waals surface area contributed by atoms with Gasteiger partial charge in [-0.05, 0) is 63.5 Å². The van der Waals surface area contributed by atoms with Crippen molar-refractivity contribution in [2.24, 2.45) is 0 Å². The molecule has 0 N–H and O–H groups in total. The van der Waals surface area contributed by atoms with Crippen LogP contribution >= 0.6 is 11.6 Å². The highest BCUT2D eigenvalue weighted by molar-refractivity contribution is 6.31. The van der Waals surface area contributed by atoms with Crippen molar-refractivity contribution in [1.29, 1.82) is 0 Å². The Morgan fingerprint density at radius 2 is 1.83 bits per heavy atom. The second-order valence-electron chi connectivity index (χ2n) is 8.15. The highest BCUT2D eigenvalue weighted by atomic mass is 35.5. The lowest BCUT2D eigenvalue weighted by Crippen LogP contribution is -2.33. The Bertz CT molecular complexity index is 960. The Balaban J connectivity index is 1.51. The lowest BCUT2D eigenvalue weighted by atomic mass is 9.95. The lowest BCUT2D eigenvalue weighted by Gasteiger charge is -2.32. The zero-order chi connectivity index (χ0) is 20.4. The number of rotatable bonds is 5. The van der Waals surface area contributed by atoms with Crippen molar-refractivity contribution in [1.82, 2.24) is 14.5 Å². The van der Waals surface area contributed by atoms with Gasteiger partial charge in [-0.1, -0.05) is 41.9 Å². The van der Waals surface area contributed by atoms with Gasteiger partial charge in [-0.25, -0.2) is 9.37 Å². The zero-order valence-electron chi connectivity index (χ0n) is 17.0. The average Bonchev–Trinajstić information content (AvgIpc) is 3.17. The first-order valence-electron chi connectivity index (χ1n) is 10.3. The molecule has 0 radical (unpaired) electrons. The van der Waals surface area contributed by atoms with Crippen molar-refractivity contribution < 1.29 is 4.39 Å². The van der Waals surface area contributed by atoms with Crippen molar-refractivity contribution >= 4 is 11.6 Å². The topological polar surface area (TPSA) is 21.1 Å². The Morgan fingerprint density at radius 3 is 2.48 bits per heavy atom. The average molecular weight is 412 g/mol. The highest BCUT2D eigenvalue weighted by Gasteiger charge is 2.26. The predicted octanol–water partition coefficient (Wildman–Crippen LogP) is 6.30. The Labute approximate surface area is 177 Å². The molecular weight excluding hydrogens is 385 g/mol. The number of piperidine rings is 1. The van der Waals surface area contributed by atoms with Gasteiger partial charge in [-0.3, -0.25) is 4.90 Å². The second-order valence-corrected chi connectivity index (χ2v) is 8.56. The highest BCUT2D eigenvalue weighted by Crippen LogP contribution is 2.33. The molecule has 1 aliphatic heterocycles. The van der Waals surface area contributed by atoms with E-state index in [-0.39, 0.29) is 5.02 Å². The number of hydrogen-bond acceptors (Lipinski definition) is 2. The van der Waals surface area contributed by atoms with Gasteiger partial charge in [-0.2, -0.15) is 0 Å². The van der Waals surface area contributed by atoms with E-state index in [1.807, 2.05) is 0 Å². The fraction of sp³-hybridized carbons (Fsp3) is 0.375. The quantitative estimate of drug-likeness (QED) is 0.491. The summed E-state index contributed by atoms with van der Waals surface area (Å²) in [5.74, 6) is 1.17. The fourth-order valence-electron chi connectivity index (χ4n) is 4.11. The minimum atomic E-state index is -0.398. The van der Waals surface area contributed by atoms with Gasteiger partial charge < -0.3 is 4.57 Å². The zero-order valence-corrected chi connectivity index (χ0v) is 17.7. The van der Waals surface area contributed by atoms with Gasteiger partial charge in [0.2, 0.25) is 0 Å². The number of aromatic nitrogens is 2. The molecule has 1 aliphatic rings. The van der Waals surface area contributed by atoms with Crippen LogP contribution in [0.2, 0.25) is 5.02 Å². The van der Waals surface area contributed by atoms with Gasteiger partial charge in [0.25, 0.3) is 0 Å². The van der Waals surface area contributed by atoms with Crippen LogP contribution in [0.1, 0.15) is 50.0 Å². The molecule has 152 valence electrons. The van der Waals surface area contributed by atoms with E-state index in [9.17, 15) is 4.39 Å². The molecule has 2 heterocycles. The molecule has 1 saturated heterocycles. The number of hydrogen-bond donors (Lipinski definition) is 0. The van der Waals surface area contributed by atoms with Crippen LogP contribution in [0.25, 0.3) is 11.3 Å². The standard InChI is InChI=1S/C24H27ClFN3/c1-17(2)29-16-23(20-8-9-22(26)21(25)14-20)27-24(29)19-10-12-28(13-11-19)15-18-6-4-3-5-7-18/h3-9,14,16-17,19H,10-13,15H2,1-2H3.